The third-order valence-corrected chi connectivity index (χ3v) is 4.56. The Kier molecular flexibility index (Phi) is 9.87. The molecule has 1 N–H and O–H groups in total. The Bertz CT molecular complexity index is 886. The van der Waals surface area contributed by atoms with Gasteiger partial charge in [-0.2, -0.15) is 40.5 Å². The Morgan fingerprint density at radius 1 is 1.46 bits per heavy atom. The molecule has 1 aliphatic heterocycles. The molecule has 1 amide bonds. The van der Waals surface area contributed by atoms with Crippen molar-refractivity contribution >= 4 is 63.0 Å². The van der Waals surface area contributed by atoms with Crippen LogP contribution in [0.3, 0.4) is 0 Å². The maximum absolute atomic E-state index is 13.5. The van der Waals surface area contributed by atoms with Crippen LogP contribution >= 0.6 is 40.5 Å². The molecule has 1 aliphatic rings. The number of nitro benzene ring substituents is 1. The lowest BCUT2D eigenvalue weighted by molar-refractivity contribution is -0.384. The summed E-state index contributed by atoms with van der Waals surface area (Å²) in [6.45, 7) is 8.80. The highest BCUT2D eigenvalue weighted by Gasteiger charge is 2.41. The van der Waals surface area contributed by atoms with Gasteiger partial charge in [0.2, 0.25) is 5.91 Å². The van der Waals surface area contributed by atoms with Gasteiger partial charge in [-0.25, -0.2) is 11.0 Å². The van der Waals surface area contributed by atoms with Crippen molar-refractivity contribution in [2.45, 2.75) is 32.1 Å². The topological polar surface area (TPSA) is 83.6 Å². The third-order valence-electron chi connectivity index (χ3n) is 4.56. The SMILES string of the molecule is S.S.S.[C-]#[N+][C@@H]1C[C@H](F)CN1C(=O)[C@@H](C)Cc1c[nH]c2ccc([N+](=O)[O-])cc12. The first-order chi connectivity index (χ1) is 11.9. The van der Waals surface area contributed by atoms with Gasteiger partial charge in [0.25, 0.3) is 5.69 Å². The second-order valence-corrected chi connectivity index (χ2v) is 6.34. The number of carbonyl (C=O) groups excluding carboxylic acids is 1. The van der Waals surface area contributed by atoms with Crippen LogP contribution in [0.5, 0.6) is 0 Å². The van der Waals surface area contributed by atoms with E-state index < -0.39 is 23.2 Å². The number of non-ortho nitro benzene ring substituents is 1. The van der Waals surface area contributed by atoms with Crippen LogP contribution in [0.1, 0.15) is 18.9 Å². The van der Waals surface area contributed by atoms with E-state index in [4.69, 9.17) is 6.57 Å². The van der Waals surface area contributed by atoms with Crippen molar-refractivity contribution < 1.29 is 14.1 Å². The number of alkyl halides is 1. The van der Waals surface area contributed by atoms with Gasteiger partial charge in [0.1, 0.15) is 6.17 Å². The molecule has 2 aromatic rings. The standard InChI is InChI=1S/C17H17FN4O3.3H2S/c1-10(17(23)21-9-12(18)6-16(21)19-2)5-11-8-20-15-4-3-13(22(24)25)7-14(11)15;;;/h3-4,7-8,10,12,16,20H,5-6,9H2,1H3;3*1H2/t10-,12-,16-;;;/m0.../s1. The van der Waals surface area contributed by atoms with E-state index in [2.05, 4.69) is 9.83 Å². The molecular weight excluding hydrogens is 423 g/mol. The average Bonchev–Trinajstić information content (AvgIpc) is 3.16. The van der Waals surface area contributed by atoms with E-state index in [1.807, 2.05) is 0 Å². The van der Waals surface area contributed by atoms with Crippen molar-refractivity contribution in [3.8, 4) is 0 Å². The first kappa shape index (κ1) is 26.1. The van der Waals surface area contributed by atoms with Gasteiger partial charge in [-0.1, -0.05) is 6.92 Å². The lowest BCUT2D eigenvalue weighted by Crippen LogP contribution is -2.38. The van der Waals surface area contributed by atoms with Crippen molar-refractivity contribution in [2.75, 3.05) is 6.54 Å². The molecule has 28 heavy (non-hydrogen) atoms. The fourth-order valence-corrected chi connectivity index (χ4v) is 3.27. The number of nitrogens with zero attached hydrogens (tertiary/aromatic N) is 3. The molecule has 1 fully saturated rings. The highest BCUT2D eigenvalue weighted by Crippen LogP contribution is 2.28. The minimum atomic E-state index is -1.16. The Hall–Kier alpha value is -1.90. The fraction of sp³-hybridized carbons (Fsp3) is 0.412. The second-order valence-electron chi connectivity index (χ2n) is 6.34. The van der Waals surface area contributed by atoms with Crippen molar-refractivity contribution in [3.63, 3.8) is 0 Å². The average molecular weight is 447 g/mol. The number of likely N-dealkylation sites (tertiary alicyclic amines) is 1. The van der Waals surface area contributed by atoms with Crippen LogP contribution in [0.2, 0.25) is 0 Å². The maximum atomic E-state index is 13.5. The zero-order valence-electron chi connectivity index (χ0n) is 15.1. The van der Waals surface area contributed by atoms with Gasteiger partial charge in [-0.05, 0) is 18.1 Å². The van der Waals surface area contributed by atoms with Crippen LogP contribution in [-0.2, 0) is 11.2 Å². The van der Waals surface area contributed by atoms with E-state index in [9.17, 15) is 19.3 Å². The summed E-state index contributed by atoms with van der Waals surface area (Å²) in [5.41, 5.74) is 1.53. The number of hydrogen-bond donors (Lipinski definition) is 1. The summed E-state index contributed by atoms with van der Waals surface area (Å²) in [7, 11) is 0. The molecule has 1 saturated heterocycles. The summed E-state index contributed by atoms with van der Waals surface area (Å²) in [5, 5.41) is 11.6. The quantitative estimate of drug-likeness (QED) is 0.444. The molecule has 0 radical (unpaired) electrons. The number of benzene rings is 1. The molecule has 7 nitrogen and oxygen atoms in total. The van der Waals surface area contributed by atoms with E-state index in [0.29, 0.717) is 11.8 Å². The summed E-state index contributed by atoms with van der Waals surface area (Å²) in [6.07, 6.45) is 0.242. The highest BCUT2D eigenvalue weighted by molar-refractivity contribution is 7.59. The Morgan fingerprint density at radius 3 is 2.75 bits per heavy atom. The lowest BCUT2D eigenvalue weighted by Gasteiger charge is -2.20. The minimum absolute atomic E-state index is 0. The molecular formula is C17H23FN4O3S3. The number of hydrogen-bond acceptors (Lipinski definition) is 3. The van der Waals surface area contributed by atoms with Crippen molar-refractivity contribution in [2.24, 2.45) is 5.92 Å². The minimum Gasteiger partial charge on any atom is -0.361 e. The zero-order valence-corrected chi connectivity index (χ0v) is 18.1. The van der Waals surface area contributed by atoms with Crippen molar-refractivity contribution in [3.05, 3.63) is 51.5 Å². The largest absolute Gasteiger partial charge is 0.361 e. The fourth-order valence-electron chi connectivity index (χ4n) is 3.27. The lowest BCUT2D eigenvalue weighted by atomic mass is 9.99. The zero-order chi connectivity index (χ0) is 18.1. The van der Waals surface area contributed by atoms with E-state index in [0.717, 1.165) is 11.1 Å². The number of carbonyl (C=O) groups is 1. The normalized spacial score (nSPS) is 19.0. The highest BCUT2D eigenvalue weighted by atomic mass is 32.1. The summed E-state index contributed by atoms with van der Waals surface area (Å²) in [5.74, 6) is -0.714. The monoisotopic (exact) mass is 446 g/mol. The maximum Gasteiger partial charge on any atom is 0.303 e. The van der Waals surface area contributed by atoms with Crippen LogP contribution in [-0.4, -0.2) is 39.6 Å². The van der Waals surface area contributed by atoms with E-state index in [-0.39, 0.29) is 65.0 Å². The van der Waals surface area contributed by atoms with Crippen LogP contribution in [0.25, 0.3) is 15.7 Å². The number of nitro groups is 1. The number of aromatic nitrogens is 1. The van der Waals surface area contributed by atoms with E-state index in [1.165, 1.54) is 17.0 Å². The molecule has 154 valence electrons. The van der Waals surface area contributed by atoms with Gasteiger partial charge < -0.3 is 4.98 Å². The van der Waals surface area contributed by atoms with Gasteiger partial charge >= 0.3 is 6.17 Å². The first-order valence-electron chi connectivity index (χ1n) is 7.96. The number of nitrogens with one attached hydrogen (secondary N) is 1. The molecule has 3 atom stereocenters. The smallest absolute Gasteiger partial charge is 0.303 e. The van der Waals surface area contributed by atoms with E-state index in [1.54, 1.807) is 19.2 Å². The summed E-state index contributed by atoms with van der Waals surface area (Å²) < 4.78 is 13.5. The molecule has 2 heterocycles. The number of halogens is 1. The molecule has 0 aliphatic carbocycles. The number of amides is 1. The van der Waals surface area contributed by atoms with Crippen LogP contribution in [0.4, 0.5) is 10.1 Å². The van der Waals surface area contributed by atoms with Gasteiger partial charge in [0.15, 0.2) is 0 Å². The number of H-pyrrole nitrogens is 1. The predicted octanol–water partition coefficient (Wildman–Crippen LogP) is 3.41. The van der Waals surface area contributed by atoms with Gasteiger partial charge in [0, 0.05) is 35.2 Å². The summed E-state index contributed by atoms with van der Waals surface area (Å²) >= 11 is 0. The van der Waals surface area contributed by atoms with Gasteiger partial charge in [-0.3, -0.25) is 24.7 Å². The Balaban J connectivity index is 0.00000243. The van der Waals surface area contributed by atoms with Gasteiger partial charge in [-0.15, -0.1) is 0 Å². The molecule has 0 unspecified atom stereocenters. The predicted molar refractivity (Wildman–Crippen MR) is 121 cm³/mol. The molecule has 3 rings (SSSR count). The number of fused-ring (bicyclic) bond motifs is 1. The van der Waals surface area contributed by atoms with Crippen LogP contribution in [0.15, 0.2) is 24.4 Å². The molecule has 11 heteroatoms. The molecule has 1 aromatic heterocycles. The second kappa shape index (κ2) is 10.6. The number of aromatic amines is 1. The summed E-state index contributed by atoms with van der Waals surface area (Å²) in [4.78, 5) is 30.8. The van der Waals surface area contributed by atoms with Gasteiger partial charge in [0.05, 0.1) is 17.9 Å². The molecule has 0 spiro atoms. The van der Waals surface area contributed by atoms with Crippen molar-refractivity contribution in [1.29, 1.82) is 0 Å². The molecule has 0 bridgehead atoms. The third kappa shape index (κ3) is 5.12. The molecule has 1 aromatic carbocycles. The summed E-state index contributed by atoms with van der Waals surface area (Å²) in [6, 6.07) is 4.53. The van der Waals surface area contributed by atoms with Crippen molar-refractivity contribution in [1.82, 2.24) is 9.88 Å². The molecule has 0 saturated carbocycles. The Labute approximate surface area is 183 Å². The van der Waals surface area contributed by atoms with Crippen LogP contribution in [0, 0.1) is 22.6 Å². The Morgan fingerprint density at radius 2 is 2.14 bits per heavy atom. The number of rotatable bonds is 4. The first-order valence-corrected chi connectivity index (χ1v) is 7.96. The van der Waals surface area contributed by atoms with E-state index >= 15 is 0 Å². The van der Waals surface area contributed by atoms with Crippen LogP contribution < -0.4 is 0 Å².